The lowest BCUT2D eigenvalue weighted by Gasteiger charge is -2.42. The molecule has 0 aromatic rings. The summed E-state index contributed by atoms with van der Waals surface area (Å²) in [5.74, 6) is 0.322. The fraction of sp³-hybridized carbons (Fsp3) is 1.00. The Morgan fingerprint density at radius 1 is 1.16 bits per heavy atom. The van der Waals surface area contributed by atoms with Crippen molar-refractivity contribution in [2.24, 2.45) is 5.92 Å². The molecule has 114 valence electrons. The van der Waals surface area contributed by atoms with Crippen molar-refractivity contribution in [3.05, 3.63) is 0 Å². The summed E-state index contributed by atoms with van der Waals surface area (Å²) in [5.41, 5.74) is -0.793. The van der Waals surface area contributed by atoms with Crippen LogP contribution in [0.15, 0.2) is 0 Å². The van der Waals surface area contributed by atoms with E-state index in [1.54, 1.807) is 0 Å². The quantitative estimate of drug-likeness (QED) is 0.715. The predicted octanol–water partition coefficient (Wildman–Crippen LogP) is 3.88. The molecular weight excluding hydrogens is 240 g/mol. The molecule has 0 amide bonds. The molecule has 1 heterocycles. The highest BCUT2D eigenvalue weighted by Crippen LogP contribution is 2.31. The minimum Gasteiger partial charge on any atom is -0.388 e. The summed E-state index contributed by atoms with van der Waals surface area (Å²) in [6.45, 7) is 10.1. The van der Waals surface area contributed by atoms with Crippen LogP contribution in [0, 0.1) is 5.92 Å². The van der Waals surface area contributed by atoms with Crippen LogP contribution in [0.25, 0.3) is 0 Å². The van der Waals surface area contributed by atoms with E-state index in [0.29, 0.717) is 5.92 Å². The molecule has 0 aromatic carbocycles. The highest BCUT2D eigenvalue weighted by molar-refractivity contribution is 4.85. The zero-order chi connectivity index (χ0) is 14.5. The summed E-state index contributed by atoms with van der Waals surface area (Å²) in [7, 11) is 0. The van der Waals surface area contributed by atoms with E-state index in [1.807, 2.05) is 13.8 Å². The van der Waals surface area contributed by atoms with Crippen molar-refractivity contribution < 1.29 is 14.6 Å². The zero-order valence-electron chi connectivity index (χ0n) is 13.3. The molecule has 1 aliphatic rings. The first kappa shape index (κ1) is 16.9. The Labute approximate surface area is 118 Å². The van der Waals surface area contributed by atoms with Crippen LogP contribution in [0.5, 0.6) is 0 Å². The molecule has 1 N–H and O–H groups in total. The average Bonchev–Trinajstić information content (AvgIpc) is 2.33. The number of unbranched alkanes of at least 4 members (excludes halogenated alkanes) is 3. The van der Waals surface area contributed by atoms with E-state index in [0.717, 1.165) is 12.8 Å². The Hall–Kier alpha value is -0.120. The van der Waals surface area contributed by atoms with Crippen LogP contribution >= 0.6 is 0 Å². The van der Waals surface area contributed by atoms with Crippen LogP contribution in [-0.4, -0.2) is 29.2 Å². The van der Waals surface area contributed by atoms with Gasteiger partial charge in [-0.2, -0.15) is 0 Å². The molecule has 0 aliphatic carbocycles. The molecule has 1 saturated heterocycles. The van der Waals surface area contributed by atoms with Crippen molar-refractivity contribution >= 4 is 0 Å². The minimum absolute atomic E-state index is 0.121. The van der Waals surface area contributed by atoms with Crippen LogP contribution in [0.3, 0.4) is 0 Å². The molecule has 1 aliphatic heterocycles. The van der Waals surface area contributed by atoms with E-state index in [9.17, 15) is 5.11 Å². The summed E-state index contributed by atoms with van der Waals surface area (Å²) in [6, 6.07) is 0. The van der Waals surface area contributed by atoms with Crippen LogP contribution in [0.4, 0.5) is 0 Å². The lowest BCUT2D eigenvalue weighted by Crippen LogP contribution is -2.49. The molecule has 3 nitrogen and oxygen atoms in total. The maximum Gasteiger partial charge on any atom is 0.160 e. The largest absolute Gasteiger partial charge is 0.388 e. The third-order valence-electron chi connectivity index (χ3n) is 3.81. The maximum atomic E-state index is 10.2. The molecule has 3 atom stereocenters. The summed E-state index contributed by atoms with van der Waals surface area (Å²) in [4.78, 5) is 0. The van der Waals surface area contributed by atoms with Crippen LogP contribution in [0.1, 0.15) is 73.1 Å². The first-order valence-corrected chi connectivity index (χ1v) is 7.87. The highest BCUT2D eigenvalue weighted by atomic mass is 16.7. The van der Waals surface area contributed by atoms with Gasteiger partial charge < -0.3 is 14.6 Å². The van der Waals surface area contributed by atoms with Crippen LogP contribution in [0.2, 0.25) is 0 Å². The number of rotatable bonds is 7. The summed E-state index contributed by atoms with van der Waals surface area (Å²) < 4.78 is 11.9. The van der Waals surface area contributed by atoms with Gasteiger partial charge in [-0.3, -0.25) is 0 Å². The Morgan fingerprint density at radius 3 is 2.37 bits per heavy atom. The van der Waals surface area contributed by atoms with Gasteiger partial charge in [0.2, 0.25) is 0 Å². The SMILES string of the molecule is CCCCCC[C@H]1C[C@@H](C(C)(C)O)O[C@@H](C(C)C)O1. The van der Waals surface area contributed by atoms with Gasteiger partial charge in [-0.25, -0.2) is 0 Å². The summed E-state index contributed by atoms with van der Waals surface area (Å²) in [5, 5.41) is 10.2. The van der Waals surface area contributed by atoms with E-state index in [2.05, 4.69) is 20.8 Å². The normalized spacial score (nSPS) is 28.9. The van der Waals surface area contributed by atoms with E-state index in [1.165, 1.54) is 25.7 Å². The second-order valence-electron chi connectivity index (χ2n) is 6.73. The number of aliphatic hydroxyl groups is 1. The Bertz CT molecular complexity index is 245. The lowest BCUT2D eigenvalue weighted by atomic mass is 9.92. The van der Waals surface area contributed by atoms with Gasteiger partial charge in [0.25, 0.3) is 0 Å². The van der Waals surface area contributed by atoms with Crippen molar-refractivity contribution in [2.75, 3.05) is 0 Å². The van der Waals surface area contributed by atoms with E-state index in [4.69, 9.17) is 9.47 Å². The molecule has 0 bridgehead atoms. The number of ether oxygens (including phenoxy) is 2. The maximum absolute atomic E-state index is 10.2. The lowest BCUT2D eigenvalue weighted by molar-refractivity contribution is -0.287. The fourth-order valence-electron chi connectivity index (χ4n) is 2.49. The predicted molar refractivity (Wildman–Crippen MR) is 78.0 cm³/mol. The molecule has 0 spiro atoms. The third kappa shape index (κ3) is 5.80. The first-order chi connectivity index (χ1) is 8.84. The molecule has 19 heavy (non-hydrogen) atoms. The molecule has 3 heteroatoms. The van der Waals surface area contributed by atoms with Gasteiger partial charge in [-0.15, -0.1) is 0 Å². The summed E-state index contributed by atoms with van der Waals surface area (Å²) in [6.07, 6.45) is 6.86. The smallest absolute Gasteiger partial charge is 0.160 e. The van der Waals surface area contributed by atoms with Gasteiger partial charge in [0, 0.05) is 12.3 Å². The van der Waals surface area contributed by atoms with Crippen molar-refractivity contribution in [3.63, 3.8) is 0 Å². The third-order valence-corrected chi connectivity index (χ3v) is 3.81. The Morgan fingerprint density at radius 2 is 1.84 bits per heavy atom. The molecule has 0 unspecified atom stereocenters. The van der Waals surface area contributed by atoms with Gasteiger partial charge in [0.1, 0.15) is 0 Å². The van der Waals surface area contributed by atoms with E-state index < -0.39 is 5.60 Å². The van der Waals surface area contributed by atoms with Crippen LogP contribution < -0.4 is 0 Å². The van der Waals surface area contributed by atoms with Gasteiger partial charge in [-0.05, 0) is 20.3 Å². The van der Waals surface area contributed by atoms with Gasteiger partial charge in [0.05, 0.1) is 17.8 Å². The van der Waals surface area contributed by atoms with Gasteiger partial charge in [-0.1, -0.05) is 46.5 Å². The van der Waals surface area contributed by atoms with Gasteiger partial charge in [0.15, 0.2) is 6.29 Å². The number of hydrogen-bond donors (Lipinski definition) is 1. The second kappa shape index (κ2) is 7.61. The molecular formula is C16H32O3. The summed E-state index contributed by atoms with van der Waals surface area (Å²) >= 11 is 0. The fourth-order valence-corrected chi connectivity index (χ4v) is 2.49. The molecule has 1 fully saturated rings. The van der Waals surface area contributed by atoms with Crippen molar-refractivity contribution in [3.8, 4) is 0 Å². The monoisotopic (exact) mass is 272 g/mol. The molecule has 1 rings (SSSR count). The Kier molecular flexibility index (Phi) is 6.78. The van der Waals surface area contributed by atoms with Crippen molar-refractivity contribution in [1.29, 1.82) is 0 Å². The van der Waals surface area contributed by atoms with Crippen LogP contribution in [-0.2, 0) is 9.47 Å². The highest BCUT2D eigenvalue weighted by Gasteiger charge is 2.38. The molecule has 0 saturated carbocycles. The first-order valence-electron chi connectivity index (χ1n) is 7.87. The van der Waals surface area contributed by atoms with E-state index >= 15 is 0 Å². The average molecular weight is 272 g/mol. The zero-order valence-corrected chi connectivity index (χ0v) is 13.3. The standard InChI is InChI=1S/C16H32O3/c1-6-7-8-9-10-13-11-14(16(4,5)17)19-15(18-13)12(2)3/h12-15,17H,6-11H2,1-5H3/t13-,14-,15-/m0/s1. The molecule has 0 radical (unpaired) electrons. The Balaban J connectivity index is 2.50. The minimum atomic E-state index is -0.793. The topological polar surface area (TPSA) is 38.7 Å². The van der Waals surface area contributed by atoms with Crippen molar-refractivity contribution in [1.82, 2.24) is 0 Å². The second-order valence-corrected chi connectivity index (χ2v) is 6.73. The molecule has 0 aromatic heterocycles. The van der Waals surface area contributed by atoms with E-state index in [-0.39, 0.29) is 18.5 Å². The van der Waals surface area contributed by atoms with Gasteiger partial charge >= 0.3 is 0 Å². The van der Waals surface area contributed by atoms with Crippen molar-refractivity contribution in [2.45, 2.75) is 97.2 Å². The number of hydrogen-bond acceptors (Lipinski definition) is 3.